The molecule has 0 atom stereocenters. The SMILES string of the molecule is CNCc1cccc(Cl)c1Oc1cc(Br)cc(F)c1F. The van der Waals surface area contributed by atoms with E-state index in [2.05, 4.69) is 21.2 Å². The van der Waals surface area contributed by atoms with Gasteiger partial charge in [-0.2, -0.15) is 4.39 Å². The largest absolute Gasteiger partial charge is 0.452 e. The van der Waals surface area contributed by atoms with Gasteiger partial charge in [-0.15, -0.1) is 0 Å². The second-order valence-corrected chi connectivity index (χ2v) is 5.38. The molecule has 2 aromatic rings. The van der Waals surface area contributed by atoms with Crippen LogP contribution in [0.4, 0.5) is 8.78 Å². The van der Waals surface area contributed by atoms with Gasteiger partial charge in [-0.05, 0) is 25.2 Å². The number of hydrogen-bond acceptors (Lipinski definition) is 2. The Morgan fingerprint density at radius 2 is 2.05 bits per heavy atom. The van der Waals surface area contributed by atoms with E-state index in [-0.39, 0.29) is 5.75 Å². The highest BCUT2D eigenvalue weighted by molar-refractivity contribution is 9.10. The Kier molecular flexibility index (Phi) is 4.96. The Morgan fingerprint density at radius 1 is 1.30 bits per heavy atom. The van der Waals surface area contributed by atoms with E-state index >= 15 is 0 Å². The zero-order valence-electron chi connectivity index (χ0n) is 10.5. The minimum absolute atomic E-state index is 0.220. The average molecular weight is 363 g/mol. The number of nitrogens with one attached hydrogen (secondary N) is 1. The van der Waals surface area contributed by atoms with Crippen molar-refractivity contribution in [2.75, 3.05) is 7.05 Å². The highest BCUT2D eigenvalue weighted by Crippen LogP contribution is 2.35. The van der Waals surface area contributed by atoms with Gasteiger partial charge in [0, 0.05) is 16.6 Å². The molecule has 106 valence electrons. The Hall–Kier alpha value is -1.17. The van der Waals surface area contributed by atoms with Gasteiger partial charge in [-0.3, -0.25) is 0 Å². The average Bonchev–Trinajstić information content (AvgIpc) is 2.39. The van der Waals surface area contributed by atoms with Crippen molar-refractivity contribution in [1.29, 1.82) is 0 Å². The van der Waals surface area contributed by atoms with Gasteiger partial charge in [0.05, 0.1) is 5.02 Å². The lowest BCUT2D eigenvalue weighted by molar-refractivity contribution is 0.412. The molecule has 0 unspecified atom stereocenters. The van der Waals surface area contributed by atoms with E-state index in [4.69, 9.17) is 16.3 Å². The molecule has 20 heavy (non-hydrogen) atoms. The summed E-state index contributed by atoms with van der Waals surface area (Å²) in [6, 6.07) is 7.57. The van der Waals surface area contributed by atoms with Crippen molar-refractivity contribution < 1.29 is 13.5 Å². The lowest BCUT2D eigenvalue weighted by Gasteiger charge is -2.13. The molecule has 2 aromatic carbocycles. The van der Waals surface area contributed by atoms with Crippen LogP contribution >= 0.6 is 27.5 Å². The van der Waals surface area contributed by atoms with E-state index < -0.39 is 11.6 Å². The van der Waals surface area contributed by atoms with Gasteiger partial charge < -0.3 is 10.1 Å². The van der Waals surface area contributed by atoms with Crippen LogP contribution in [0.25, 0.3) is 0 Å². The van der Waals surface area contributed by atoms with E-state index in [0.29, 0.717) is 21.8 Å². The third kappa shape index (κ3) is 3.29. The standard InChI is InChI=1S/C14H11BrClF2NO/c1-19-7-8-3-2-4-10(16)14(8)20-12-6-9(15)5-11(17)13(12)18/h2-6,19H,7H2,1H3. The monoisotopic (exact) mass is 361 g/mol. The lowest BCUT2D eigenvalue weighted by atomic mass is 10.2. The summed E-state index contributed by atoms with van der Waals surface area (Å²) >= 11 is 9.16. The zero-order chi connectivity index (χ0) is 14.7. The molecule has 6 heteroatoms. The van der Waals surface area contributed by atoms with Crippen LogP contribution in [-0.4, -0.2) is 7.05 Å². The second-order valence-electron chi connectivity index (χ2n) is 4.06. The number of hydrogen-bond donors (Lipinski definition) is 1. The van der Waals surface area contributed by atoms with Gasteiger partial charge in [0.2, 0.25) is 5.82 Å². The van der Waals surface area contributed by atoms with Gasteiger partial charge in [0.25, 0.3) is 0 Å². The molecule has 0 saturated carbocycles. The van der Waals surface area contributed by atoms with Crippen molar-refractivity contribution in [3.8, 4) is 11.5 Å². The van der Waals surface area contributed by atoms with E-state index in [0.717, 1.165) is 11.6 Å². The fraction of sp³-hybridized carbons (Fsp3) is 0.143. The molecular weight excluding hydrogens is 352 g/mol. The van der Waals surface area contributed by atoms with Crippen LogP contribution in [0.1, 0.15) is 5.56 Å². The van der Waals surface area contributed by atoms with Crippen molar-refractivity contribution in [2.45, 2.75) is 6.54 Å². The minimum atomic E-state index is -1.05. The summed E-state index contributed by atoms with van der Waals surface area (Å²) in [4.78, 5) is 0. The van der Waals surface area contributed by atoms with Crippen molar-refractivity contribution in [1.82, 2.24) is 5.32 Å². The number of ether oxygens (including phenoxy) is 1. The molecule has 2 nitrogen and oxygen atoms in total. The number of para-hydroxylation sites is 1. The van der Waals surface area contributed by atoms with E-state index in [1.54, 1.807) is 25.2 Å². The van der Waals surface area contributed by atoms with Crippen LogP contribution in [-0.2, 0) is 6.54 Å². The van der Waals surface area contributed by atoms with E-state index in [9.17, 15) is 8.78 Å². The maximum atomic E-state index is 13.7. The van der Waals surface area contributed by atoms with Crippen LogP contribution in [0.15, 0.2) is 34.8 Å². The molecule has 0 bridgehead atoms. The summed E-state index contributed by atoms with van der Waals surface area (Å²) in [6.45, 7) is 0.494. The highest BCUT2D eigenvalue weighted by atomic mass is 79.9. The summed E-state index contributed by atoms with van der Waals surface area (Å²) in [6.07, 6.45) is 0. The third-order valence-electron chi connectivity index (χ3n) is 2.59. The predicted octanol–water partition coefficient (Wildman–Crippen LogP) is 4.89. The first kappa shape index (κ1) is 15.2. The molecule has 0 aliphatic heterocycles. The molecule has 1 N–H and O–H groups in total. The Labute approximate surface area is 128 Å². The van der Waals surface area contributed by atoms with Gasteiger partial charge in [0.1, 0.15) is 0 Å². The Bertz CT molecular complexity index is 637. The molecule has 0 aromatic heterocycles. The van der Waals surface area contributed by atoms with Crippen molar-refractivity contribution in [3.05, 3.63) is 57.0 Å². The highest BCUT2D eigenvalue weighted by Gasteiger charge is 2.15. The maximum absolute atomic E-state index is 13.7. The minimum Gasteiger partial charge on any atom is -0.452 e. The van der Waals surface area contributed by atoms with Crippen molar-refractivity contribution in [3.63, 3.8) is 0 Å². The predicted molar refractivity (Wildman–Crippen MR) is 78.3 cm³/mol. The molecule has 0 fully saturated rings. The van der Waals surface area contributed by atoms with Gasteiger partial charge in [-0.1, -0.05) is 39.7 Å². The van der Waals surface area contributed by atoms with Crippen LogP contribution in [0.2, 0.25) is 5.02 Å². The fourth-order valence-electron chi connectivity index (χ4n) is 1.71. The molecular formula is C14H11BrClF2NO. The molecule has 0 radical (unpaired) electrons. The van der Waals surface area contributed by atoms with Crippen LogP contribution in [0.5, 0.6) is 11.5 Å². The quantitative estimate of drug-likeness (QED) is 0.782. The van der Waals surface area contributed by atoms with Gasteiger partial charge >= 0.3 is 0 Å². The Balaban J connectivity index is 2.44. The number of benzene rings is 2. The molecule has 2 rings (SSSR count). The molecule has 0 aliphatic rings. The number of halogens is 4. The summed E-state index contributed by atoms with van der Waals surface area (Å²) in [5.41, 5.74) is 0.750. The number of rotatable bonds is 4. The summed E-state index contributed by atoms with van der Waals surface area (Å²) < 4.78 is 32.9. The van der Waals surface area contributed by atoms with Gasteiger partial charge in [0.15, 0.2) is 17.3 Å². The maximum Gasteiger partial charge on any atom is 0.201 e. The van der Waals surface area contributed by atoms with Gasteiger partial charge in [-0.25, -0.2) is 4.39 Å². The van der Waals surface area contributed by atoms with Crippen molar-refractivity contribution in [2.24, 2.45) is 0 Å². The van der Waals surface area contributed by atoms with Crippen LogP contribution in [0, 0.1) is 11.6 Å². The van der Waals surface area contributed by atoms with Crippen molar-refractivity contribution >= 4 is 27.5 Å². The molecule has 0 amide bonds. The second kappa shape index (κ2) is 6.52. The summed E-state index contributed by atoms with van der Waals surface area (Å²) in [7, 11) is 1.77. The summed E-state index contributed by atoms with van der Waals surface area (Å²) in [5.74, 6) is -1.96. The summed E-state index contributed by atoms with van der Waals surface area (Å²) in [5, 5.41) is 3.29. The zero-order valence-corrected chi connectivity index (χ0v) is 12.9. The molecule has 0 aliphatic carbocycles. The molecule has 0 heterocycles. The topological polar surface area (TPSA) is 21.3 Å². The Morgan fingerprint density at radius 3 is 2.75 bits per heavy atom. The smallest absolute Gasteiger partial charge is 0.201 e. The third-order valence-corrected chi connectivity index (χ3v) is 3.34. The molecule has 0 spiro atoms. The fourth-order valence-corrected chi connectivity index (χ4v) is 2.36. The normalized spacial score (nSPS) is 10.7. The molecule has 0 saturated heterocycles. The van der Waals surface area contributed by atoms with E-state index in [1.165, 1.54) is 6.07 Å². The first-order valence-corrected chi connectivity index (χ1v) is 6.94. The first-order valence-electron chi connectivity index (χ1n) is 5.77. The first-order chi connectivity index (χ1) is 9.52. The van der Waals surface area contributed by atoms with E-state index in [1.807, 2.05) is 0 Å². The lowest BCUT2D eigenvalue weighted by Crippen LogP contribution is -2.07. The van der Waals surface area contributed by atoms with Crippen LogP contribution in [0.3, 0.4) is 0 Å². The van der Waals surface area contributed by atoms with Crippen LogP contribution < -0.4 is 10.1 Å².